The highest BCUT2D eigenvalue weighted by atomic mass is 35.5. The molecule has 0 fully saturated rings. The zero-order valence-electron chi connectivity index (χ0n) is 11.8. The molecule has 1 aromatic heterocycles. The highest BCUT2D eigenvalue weighted by Crippen LogP contribution is 2.36. The number of carbonyl (C=O) groups is 1. The van der Waals surface area contributed by atoms with E-state index in [0.29, 0.717) is 16.8 Å². The van der Waals surface area contributed by atoms with Crippen LogP contribution in [0.15, 0.2) is 29.6 Å². The summed E-state index contributed by atoms with van der Waals surface area (Å²) in [5.74, 6) is -0.118. The first-order valence-electron chi connectivity index (χ1n) is 7.03. The van der Waals surface area contributed by atoms with Crippen LogP contribution in [0.4, 0.5) is 11.4 Å². The number of anilines is 2. The standard InChI is InChI=1S/C16H17ClN2OS/c1-10(20)18-15-6-5-11(9-13(15)17)19-14-3-2-4-16-12(14)7-8-21-16/h5-9,14,19H,2-4H2,1H3,(H,18,20). The van der Waals surface area contributed by atoms with E-state index in [1.54, 1.807) is 0 Å². The zero-order valence-corrected chi connectivity index (χ0v) is 13.4. The minimum Gasteiger partial charge on any atom is -0.378 e. The summed E-state index contributed by atoms with van der Waals surface area (Å²) >= 11 is 8.06. The Morgan fingerprint density at radius 2 is 2.24 bits per heavy atom. The molecule has 1 aromatic carbocycles. The summed E-state index contributed by atoms with van der Waals surface area (Å²) in [6, 6.07) is 8.22. The van der Waals surface area contributed by atoms with E-state index in [4.69, 9.17) is 11.6 Å². The Hall–Kier alpha value is -1.52. The van der Waals surface area contributed by atoms with Crippen LogP contribution >= 0.6 is 22.9 Å². The van der Waals surface area contributed by atoms with Gasteiger partial charge in [-0.05, 0) is 54.5 Å². The number of benzene rings is 1. The largest absolute Gasteiger partial charge is 0.378 e. The van der Waals surface area contributed by atoms with Gasteiger partial charge in [-0.3, -0.25) is 4.79 Å². The highest BCUT2D eigenvalue weighted by molar-refractivity contribution is 7.10. The quantitative estimate of drug-likeness (QED) is 0.848. The summed E-state index contributed by atoms with van der Waals surface area (Å²) in [5, 5.41) is 8.99. The number of carbonyl (C=O) groups excluding carboxylic acids is 1. The minimum absolute atomic E-state index is 0.118. The van der Waals surface area contributed by atoms with E-state index < -0.39 is 0 Å². The first-order valence-corrected chi connectivity index (χ1v) is 8.29. The number of fused-ring (bicyclic) bond motifs is 1. The van der Waals surface area contributed by atoms with Gasteiger partial charge in [-0.1, -0.05) is 11.6 Å². The summed E-state index contributed by atoms with van der Waals surface area (Å²) in [6.07, 6.45) is 3.53. The smallest absolute Gasteiger partial charge is 0.221 e. The topological polar surface area (TPSA) is 41.1 Å². The molecule has 1 amide bonds. The second kappa shape index (κ2) is 6.08. The van der Waals surface area contributed by atoms with Crippen molar-refractivity contribution in [3.05, 3.63) is 45.1 Å². The lowest BCUT2D eigenvalue weighted by Gasteiger charge is -2.25. The molecule has 1 aliphatic rings. The summed E-state index contributed by atoms with van der Waals surface area (Å²) in [7, 11) is 0. The molecule has 0 aliphatic heterocycles. The number of hydrogen-bond donors (Lipinski definition) is 2. The zero-order chi connectivity index (χ0) is 14.8. The summed E-state index contributed by atoms with van der Waals surface area (Å²) in [6.45, 7) is 1.47. The van der Waals surface area contributed by atoms with Gasteiger partial charge in [0.25, 0.3) is 0 Å². The molecule has 0 radical (unpaired) electrons. The van der Waals surface area contributed by atoms with Gasteiger partial charge in [0.2, 0.25) is 5.91 Å². The molecular formula is C16H17ClN2OS. The number of rotatable bonds is 3. The number of amides is 1. The lowest BCUT2D eigenvalue weighted by molar-refractivity contribution is -0.114. The molecule has 21 heavy (non-hydrogen) atoms. The minimum atomic E-state index is -0.118. The molecule has 110 valence electrons. The Labute approximate surface area is 133 Å². The van der Waals surface area contributed by atoms with Crippen LogP contribution in [0.1, 0.15) is 36.2 Å². The third-order valence-corrected chi connectivity index (χ3v) is 4.98. The Balaban J connectivity index is 1.77. The predicted molar refractivity (Wildman–Crippen MR) is 89.4 cm³/mol. The normalized spacial score (nSPS) is 17.1. The number of halogens is 1. The average molecular weight is 321 g/mol. The van der Waals surface area contributed by atoms with Crippen molar-refractivity contribution in [2.24, 2.45) is 0 Å². The summed E-state index contributed by atoms with van der Waals surface area (Å²) in [4.78, 5) is 12.6. The molecule has 1 atom stereocenters. The van der Waals surface area contributed by atoms with Crippen LogP contribution in [0.25, 0.3) is 0 Å². The first kappa shape index (κ1) is 14.4. The predicted octanol–water partition coefficient (Wildman–Crippen LogP) is 4.85. The Kier molecular flexibility index (Phi) is 4.17. The van der Waals surface area contributed by atoms with Crippen LogP contribution in [-0.4, -0.2) is 5.91 Å². The van der Waals surface area contributed by atoms with E-state index in [1.165, 1.54) is 30.2 Å². The number of thiophene rings is 1. The van der Waals surface area contributed by atoms with Crippen LogP contribution < -0.4 is 10.6 Å². The van der Waals surface area contributed by atoms with Crippen molar-refractivity contribution >= 4 is 40.2 Å². The van der Waals surface area contributed by atoms with Crippen molar-refractivity contribution in [3.8, 4) is 0 Å². The first-order chi connectivity index (χ1) is 10.1. The third kappa shape index (κ3) is 3.22. The lowest BCUT2D eigenvalue weighted by atomic mass is 9.94. The van der Waals surface area contributed by atoms with E-state index in [9.17, 15) is 4.79 Å². The van der Waals surface area contributed by atoms with Gasteiger partial charge in [-0.15, -0.1) is 11.3 Å². The fourth-order valence-corrected chi connectivity index (χ4v) is 3.95. The second-order valence-electron chi connectivity index (χ2n) is 5.26. The van der Waals surface area contributed by atoms with Gasteiger partial charge >= 0.3 is 0 Å². The molecule has 0 saturated carbocycles. The average Bonchev–Trinajstić information content (AvgIpc) is 2.91. The van der Waals surface area contributed by atoms with Gasteiger partial charge in [-0.25, -0.2) is 0 Å². The fraction of sp³-hybridized carbons (Fsp3) is 0.312. The van der Waals surface area contributed by atoms with Crippen LogP contribution in [0.5, 0.6) is 0 Å². The SMILES string of the molecule is CC(=O)Nc1ccc(NC2CCCc3sccc32)cc1Cl. The van der Waals surface area contributed by atoms with E-state index in [-0.39, 0.29) is 5.91 Å². The van der Waals surface area contributed by atoms with Gasteiger partial charge < -0.3 is 10.6 Å². The number of nitrogens with one attached hydrogen (secondary N) is 2. The molecule has 3 nitrogen and oxygen atoms in total. The molecule has 3 rings (SSSR count). The Morgan fingerprint density at radius 3 is 3.00 bits per heavy atom. The molecule has 2 N–H and O–H groups in total. The van der Waals surface area contributed by atoms with Crippen LogP contribution in [0.2, 0.25) is 5.02 Å². The Bertz CT molecular complexity index is 668. The summed E-state index contributed by atoms with van der Waals surface area (Å²) in [5.41, 5.74) is 3.04. The molecule has 0 saturated heterocycles. The van der Waals surface area contributed by atoms with Gasteiger partial charge in [0.1, 0.15) is 0 Å². The molecule has 0 bridgehead atoms. The van der Waals surface area contributed by atoms with E-state index >= 15 is 0 Å². The molecule has 2 aromatic rings. The Morgan fingerprint density at radius 1 is 1.38 bits per heavy atom. The van der Waals surface area contributed by atoms with E-state index in [0.717, 1.165) is 12.1 Å². The van der Waals surface area contributed by atoms with Crippen molar-refractivity contribution in [2.45, 2.75) is 32.2 Å². The molecule has 5 heteroatoms. The maximum absolute atomic E-state index is 11.1. The van der Waals surface area contributed by atoms with E-state index in [1.807, 2.05) is 29.5 Å². The van der Waals surface area contributed by atoms with Crippen molar-refractivity contribution in [3.63, 3.8) is 0 Å². The van der Waals surface area contributed by atoms with Gasteiger partial charge in [0.05, 0.1) is 16.8 Å². The second-order valence-corrected chi connectivity index (χ2v) is 6.67. The highest BCUT2D eigenvalue weighted by Gasteiger charge is 2.21. The van der Waals surface area contributed by atoms with Crippen molar-refractivity contribution in [2.75, 3.05) is 10.6 Å². The van der Waals surface area contributed by atoms with Crippen LogP contribution in [-0.2, 0) is 11.2 Å². The van der Waals surface area contributed by atoms with Crippen LogP contribution in [0, 0.1) is 0 Å². The van der Waals surface area contributed by atoms with Gasteiger partial charge in [0, 0.05) is 17.5 Å². The van der Waals surface area contributed by atoms with E-state index in [2.05, 4.69) is 22.1 Å². The molecule has 1 aliphatic carbocycles. The number of aryl methyl sites for hydroxylation is 1. The summed E-state index contributed by atoms with van der Waals surface area (Å²) < 4.78 is 0. The molecule has 1 unspecified atom stereocenters. The van der Waals surface area contributed by atoms with Gasteiger partial charge in [-0.2, -0.15) is 0 Å². The molecular weight excluding hydrogens is 304 g/mol. The third-order valence-electron chi connectivity index (χ3n) is 3.67. The van der Waals surface area contributed by atoms with Crippen molar-refractivity contribution in [1.82, 2.24) is 0 Å². The van der Waals surface area contributed by atoms with Crippen molar-refractivity contribution in [1.29, 1.82) is 0 Å². The lowest BCUT2D eigenvalue weighted by Crippen LogP contribution is -2.15. The monoisotopic (exact) mass is 320 g/mol. The molecule has 0 spiro atoms. The number of hydrogen-bond acceptors (Lipinski definition) is 3. The van der Waals surface area contributed by atoms with Gasteiger partial charge in [0.15, 0.2) is 0 Å². The van der Waals surface area contributed by atoms with Crippen LogP contribution in [0.3, 0.4) is 0 Å². The fourth-order valence-electron chi connectivity index (χ4n) is 2.73. The maximum atomic E-state index is 11.1. The maximum Gasteiger partial charge on any atom is 0.221 e. The molecule has 1 heterocycles. The van der Waals surface area contributed by atoms with Crippen molar-refractivity contribution < 1.29 is 4.79 Å².